The van der Waals surface area contributed by atoms with Gasteiger partial charge in [-0.2, -0.15) is 0 Å². The van der Waals surface area contributed by atoms with Crippen molar-refractivity contribution < 1.29 is 9.59 Å². The minimum atomic E-state index is -0.225. The van der Waals surface area contributed by atoms with Crippen LogP contribution in [0.4, 0.5) is 11.4 Å². The van der Waals surface area contributed by atoms with Gasteiger partial charge in [0.25, 0.3) is 5.91 Å². The van der Waals surface area contributed by atoms with E-state index in [2.05, 4.69) is 10.6 Å². The fraction of sp³-hybridized carbons (Fsp3) is 0.176. The molecular weight excluding hydrogens is 314 g/mol. The van der Waals surface area contributed by atoms with Gasteiger partial charge in [0, 0.05) is 24.2 Å². The number of nitrogens with two attached hydrogens (primary N) is 1. The molecular formula is C17H18ClN3O2. The number of nitrogens with one attached hydrogen (secondary N) is 2. The Morgan fingerprint density at radius 2 is 1.87 bits per heavy atom. The van der Waals surface area contributed by atoms with Crippen LogP contribution in [0.25, 0.3) is 0 Å². The monoisotopic (exact) mass is 331 g/mol. The number of hydrogen-bond acceptors (Lipinski definition) is 3. The highest BCUT2D eigenvalue weighted by Crippen LogP contribution is 2.26. The summed E-state index contributed by atoms with van der Waals surface area (Å²) < 4.78 is 0. The average molecular weight is 332 g/mol. The third-order valence-electron chi connectivity index (χ3n) is 3.26. The second-order valence-electron chi connectivity index (χ2n) is 5.05. The van der Waals surface area contributed by atoms with Crippen molar-refractivity contribution in [2.75, 3.05) is 17.2 Å². The van der Waals surface area contributed by atoms with Gasteiger partial charge in [0.2, 0.25) is 5.91 Å². The van der Waals surface area contributed by atoms with Crippen LogP contribution < -0.4 is 16.4 Å². The highest BCUT2D eigenvalue weighted by molar-refractivity contribution is 6.33. The van der Waals surface area contributed by atoms with Crippen LogP contribution in [0.15, 0.2) is 42.5 Å². The molecule has 0 radical (unpaired) electrons. The molecule has 0 unspecified atom stereocenters. The predicted octanol–water partition coefficient (Wildman–Crippen LogP) is 3.19. The number of benzene rings is 2. The number of aryl methyl sites for hydroxylation is 1. The van der Waals surface area contributed by atoms with Crippen molar-refractivity contribution in [1.82, 2.24) is 0 Å². The van der Waals surface area contributed by atoms with Crippen LogP contribution in [0.5, 0.6) is 0 Å². The molecule has 0 bridgehead atoms. The Morgan fingerprint density at radius 1 is 1.13 bits per heavy atom. The van der Waals surface area contributed by atoms with Gasteiger partial charge in [0.05, 0.1) is 10.7 Å². The summed E-state index contributed by atoms with van der Waals surface area (Å²) in [6, 6.07) is 12.2. The molecule has 0 saturated heterocycles. The number of hydrogen-bond donors (Lipinski definition) is 3. The Balaban J connectivity index is 2.16. The van der Waals surface area contributed by atoms with E-state index in [1.54, 1.807) is 24.3 Å². The van der Waals surface area contributed by atoms with Crippen LogP contribution in [0, 0.1) is 6.92 Å². The van der Waals surface area contributed by atoms with Crippen molar-refractivity contribution in [3.05, 3.63) is 58.6 Å². The summed E-state index contributed by atoms with van der Waals surface area (Å²) in [4.78, 5) is 23.9. The lowest BCUT2D eigenvalue weighted by molar-refractivity contribution is -0.116. The lowest BCUT2D eigenvalue weighted by Gasteiger charge is -2.11. The smallest absolute Gasteiger partial charge is 0.255 e. The Kier molecular flexibility index (Phi) is 5.73. The minimum absolute atomic E-state index is 0.204. The van der Waals surface area contributed by atoms with Gasteiger partial charge >= 0.3 is 0 Å². The molecule has 2 rings (SSSR count). The van der Waals surface area contributed by atoms with Gasteiger partial charge in [-0.3, -0.25) is 9.59 Å². The maximum Gasteiger partial charge on any atom is 0.255 e. The molecule has 0 heterocycles. The van der Waals surface area contributed by atoms with Crippen molar-refractivity contribution in [3.63, 3.8) is 0 Å². The van der Waals surface area contributed by atoms with Gasteiger partial charge in [0.1, 0.15) is 0 Å². The van der Waals surface area contributed by atoms with Crippen molar-refractivity contribution in [1.29, 1.82) is 0 Å². The Bertz CT molecular complexity index is 732. The molecule has 0 saturated carbocycles. The van der Waals surface area contributed by atoms with Crippen LogP contribution >= 0.6 is 11.6 Å². The van der Waals surface area contributed by atoms with Crippen LogP contribution in [0.3, 0.4) is 0 Å². The van der Waals surface area contributed by atoms with E-state index in [-0.39, 0.29) is 24.8 Å². The highest BCUT2D eigenvalue weighted by Gasteiger charge is 2.11. The molecule has 120 valence electrons. The third-order valence-corrected chi connectivity index (χ3v) is 3.59. The molecule has 2 aromatic carbocycles. The van der Waals surface area contributed by atoms with E-state index in [1.807, 2.05) is 25.1 Å². The molecule has 6 heteroatoms. The number of anilines is 2. The van der Waals surface area contributed by atoms with Crippen LogP contribution in [-0.4, -0.2) is 18.4 Å². The lowest BCUT2D eigenvalue weighted by Crippen LogP contribution is -2.17. The van der Waals surface area contributed by atoms with Crippen molar-refractivity contribution in [2.45, 2.75) is 13.3 Å². The molecule has 0 aliphatic rings. The third kappa shape index (κ3) is 4.55. The topological polar surface area (TPSA) is 84.2 Å². The van der Waals surface area contributed by atoms with Crippen molar-refractivity contribution in [2.24, 2.45) is 5.73 Å². The largest absolute Gasteiger partial charge is 0.330 e. The molecule has 23 heavy (non-hydrogen) atoms. The van der Waals surface area contributed by atoms with Gasteiger partial charge in [-0.1, -0.05) is 29.8 Å². The minimum Gasteiger partial charge on any atom is -0.330 e. The summed E-state index contributed by atoms with van der Waals surface area (Å²) in [5, 5.41) is 5.86. The molecule has 0 fully saturated rings. The van der Waals surface area contributed by atoms with E-state index in [0.29, 0.717) is 22.0 Å². The Labute approximate surface area is 139 Å². The first-order valence-electron chi connectivity index (χ1n) is 7.17. The first kappa shape index (κ1) is 17.0. The van der Waals surface area contributed by atoms with Crippen molar-refractivity contribution in [3.8, 4) is 0 Å². The number of amides is 2. The van der Waals surface area contributed by atoms with Crippen molar-refractivity contribution >= 4 is 34.8 Å². The molecule has 0 aliphatic heterocycles. The predicted molar refractivity (Wildman–Crippen MR) is 92.9 cm³/mol. The fourth-order valence-electron chi connectivity index (χ4n) is 2.07. The molecule has 0 atom stereocenters. The fourth-order valence-corrected chi connectivity index (χ4v) is 2.23. The van der Waals surface area contributed by atoms with E-state index >= 15 is 0 Å². The zero-order valence-electron chi connectivity index (χ0n) is 12.7. The van der Waals surface area contributed by atoms with E-state index in [9.17, 15) is 9.59 Å². The molecule has 5 nitrogen and oxygen atoms in total. The van der Waals surface area contributed by atoms with Crippen LogP contribution in [0.1, 0.15) is 22.3 Å². The zero-order valence-corrected chi connectivity index (χ0v) is 13.5. The first-order valence-corrected chi connectivity index (χ1v) is 7.55. The van der Waals surface area contributed by atoms with Crippen LogP contribution in [-0.2, 0) is 4.79 Å². The van der Waals surface area contributed by atoms with Gasteiger partial charge in [-0.15, -0.1) is 0 Å². The van der Waals surface area contributed by atoms with E-state index in [4.69, 9.17) is 17.3 Å². The summed E-state index contributed by atoms with van der Waals surface area (Å²) in [5.74, 6) is -0.443. The summed E-state index contributed by atoms with van der Waals surface area (Å²) in [6.07, 6.45) is 0.204. The molecule has 4 N–H and O–H groups in total. The van der Waals surface area contributed by atoms with E-state index in [0.717, 1.165) is 5.56 Å². The molecule has 0 aromatic heterocycles. The highest BCUT2D eigenvalue weighted by atomic mass is 35.5. The normalized spacial score (nSPS) is 10.2. The van der Waals surface area contributed by atoms with Gasteiger partial charge < -0.3 is 16.4 Å². The number of carbonyl (C=O) groups is 2. The maximum atomic E-state index is 12.3. The van der Waals surface area contributed by atoms with E-state index in [1.165, 1.54) is 0 Å². The van der Waals surface area contributed by atoms with Gasteiger partial charge in [0.15, 0.2) is 0 Å². The molecule has 2 aromatic rings. The number of carbonyl (C=O) groups excluding carboxylic acids is 2. The lowest BCUT2D eigenvalue weighted by atomic mass is 10.1. The summed E-state index contributed by atoms with van der Waals surface area (Å²) in [6.45, 7) is 2.13. The number of rotatable bonds is 5. The summed E-state index contributed by atoms with van der Waals surface area (Å²) in [7, 11) is 0. The van der Waals surface area contributed by atoms with Crippen LogP contribution in [0.2, 0.25) is 5.02 Å². The summed E-state index contributed by atoms with van der Waals surface area (Å²) >= 11 is 6.06. The number of halogens is 1. The van der Waals surface area contributed by atoms with Gasteiger partial charge in [-0.25, -0.2) is 0 Å². The van der Waals surface area contributed by atoms with E-state index < -0.39 is 0 Å². The summed E-state index contributed by atoms with van der Waals surface area (Å²) in [5.41, 5.74) is 7.81. The quantitative estimate of drug-likeness (QED) is 0.786. The van der Waals surface area contributed by atoms with Gasteiger partial charge in [-0.05, 0) is 36.8 Å². The average Bonchev–Trinajstić information content (AvgIpc) is 2.51. The Hall–Kier alpha value is -2.37. The molecule has 0 spiro atoms. The first-order chi connectivity index (χ1) is 11.0. The second kappa shape index (κ2) is 7.76. The standard InChI is InChI=1S/C17H18ClN3O2/c1-11-4-2-3-5-13(11)17(23)20-12-6-7-14(18)15(10-12)21-16(22)8-9-19/h2-7,10H,8-9,19H2,1H3,(H,20,23)(H,21,22). The maximum absolute atomic E-state index is 12.3. The zero-order chi connectivity index (χ0) is 16.8. The second-order valence-corrected chi connectivity index (χ2v) is 5.46. The SMILES string of the molecule is Cc1ccccc1C(=O)Nc1ccc(Cl)c(NC(=O)CCN)c1. The Morgan fingerprint density at radius 3 is 2.57 bits per heavy atom. The molecule has 0 aliphatic carbocycles. The molecule has 2 amide bonds.